The zero-order chi connectivity index (χ0) is 22.0. The molecular weight excluding hydrogens is 388 g/mol. The molecule has 6 heteroatoms. The Morgan fingerprint density at radius 1 is 1.13 bits per heavy atom. The van der Waals surface area contributed by atoms with Crippen molar-refractivity contribution in [3.8, 4) is 0 Å². The van der Waals surface area contributed by atoms with Crippen molar-refractivity contribution in [1.29, 1.82) is 0 Å². The molecule has 4 rings (SSSR count). The van der Waals surface area contributed by atoms with Gasteiger partial charge in [0.25, 0.3) is 0 Å². The molecular formula is C25H28N4O2. The van der Waals surface area contributed by atoms with Crippen molar-refractivity contribution < 1.29 is 9.59 Å². The van der Waals surface area contributed by atoms with Gasteiger partial charge in [-0.05, 0) is 48.9 Å². The van der Waals surface area contributed by atoms with Crippen LogP contribution in [0.4, 0.5) is 11.4 Å². The Morgan fingerprint density at radius 3 is 2.58 bits per heavy atom. The maximum atomic E-state index is 12.4. The largest absolute Gasteiger partial charge is 0.369 e. The van der Waals surface area contributed by atoms with Crippen LogP contribution in [0.2, 0.25) is 0 Å². The minimum absolute atomic E-state index is 0.0985. The SMILES string of the molecule is CC(=O)N(C)C1CCN(c2ccc(NC(=O)C=Cc3cc4ccccc4n3C)cc2)C1. The minimum Gasteiger partial charge on any atom is -0.369 e. The fourth-order valence-electron chi connectivity index (χ4n) is 4.12. The number of anilines is 2. The Hall–Kier alpha value is -3.54. The van der Waals surface area contributed by atoms with Crippen LogP contribution in [0.25, 0.3) is 17.0 Å². The van der Waals surface area contributed by atoms with Gasteiger partial charge in [-0.15, -0.1) is 0 Å². The maximum absolute atomic E-state index is 12.4. The van der Waals surface area contributed by atoms with Gasteiger partial charge >= 0.3 is 0 Å². The van der Waals surface area contributed by atoms with Crippen LogP contribution in [-0.4, -0.2) is 47.5 Å². The van der Waals surface area contributed by atoms with E-state index in [0.717, 1.165) is 47.5 Å². The number of fused-ring (bicyclic) bond motifs is 1. The summed E-state index contributed by atoms with van der Waals surface area (Å²) in [5.41, 5.74) is 3.97. The minimum atomic E-state index is -0.165. The van der Waals surface area contributed by atoms with Gasteiger partial charge < -0.3 is 19.7 Å². The molecule has 6 nitrogen and oxygen atoms in total. The van der Waals surface area contributed by atoms with Gasteiger partial charge in [0.05, 0.1) is 6.04 Å². The first-order valence-electron chi connectivity index (χ1n) is 10.5. The summed E-state index contributed by atoms with van der Waals surface area (Å²) in [4.78, 5) is 28.1. The highest BCUT2D eigenvalue weighted by atomic mass is 16.2. The van der Waals surface area contributed by atoms with Crippen molar-refractivity contribution in [2.75, 3.05) is 30.4 Å². The second-order valence-corrected chi connectivity index (χ2v) is 8.07. The number of hydrogen-bond donors (Lipinski definition) is 1. The topological polar surface area (TPSA) is 57.6 Å². The van der Waals surface area contributed by atoms with Crippen molar-refractivity contribution in [2.24, 2.45) is 7.05 Å². The van der Waals surface area contributed by atoms with Gasteiger partial charge in [0.1, 0.15) is 0 Å². The van der Waals surface area contributed by atoms with Crippen molar-refractivity contribution in [2.45, 2.75) is 19.4 Å². The molecule has 1 unspecified atom stereocenters. The Morgan fingerprint density at radius 2 is 1.87 bits per heavy atom. The van der Waals surface area contributed by atoms with Crippen LogP contribution in [0, 0.1) is 0 Å². The molecule has 2 amide bonds. The average Bonchev–Trinajstić information content (AvgIpc) is 3.38. The highest BCUT2D eigenvalue weighted by molar-refractivity contribution is 6.02. The average molecular weight is 417 g/mol. The number of amides is 2. The van der Waals surface area contributed by atoms with E-state index in [1.807, 2.05) is 61.5 Å². The molecule has 1 aliphatic rings. The van der Waals surface area contributed by atoms with E-state index in [4.69, 9.17) is 0 Å². The second-order valence-electron chi connectivity index (χ2n) is 8.07. The van der Waals surface area contributed by atoms with Crippen LogP contribution in [0.1, 0.15) is 19.0 Å². The van der Waals surface area contributed by atoms with Crippen molar-refractivity contribution in [3.05, 3.63) is 66.4 Å². The summed E-state index contributed by atoms with van der Waals surface area (Å²) in [5, 5.41) is 4.07. The molecule has 0 radical (unpaired) electrons. The van der Waals surface area contributed by atoms with E-state index in [9.17, 15) is 9.59 Å². The Labute approximate surface area is 182 Å². The molecule has 2 heterocycles. The van der Waals surface area contributed by atoms with E-state index in [0.29, 0.717) is 0 Å². The van der Waals surface area contributed by atoms with Crippen LogP contribution in [-0.2, 0) is 16.6 Å². The van der Waals surface area contributed by atoms with Crippen molar-refractivity contribution in [3.63, 3.8) is 0 Å². The van der Waals surface area contributed by atoms with Crippen molar-refractivity contribution in [1.82, 2.24) is 9.47 Å². The van der Waals surface area contributed by atoms with Gasteiger partial charge in [0, 0.05) is 68.2 Å². The van der Waals surface area contributed by atoms with Gasteiger partial charge in [-0.25, -0.2) is 0 Å². The van der Waals surface area contributed by atoms with Crippen LogP contribution in [0.3, 0.4) is 0 Å². The molecule has 0 saturated carbocycles. The third kappa shape index (κ3) is 4.48. The molecule has 0 bridgehead atoms. The van der Waals surface area contributed by atoms with Gasteiger partial charge in [0.15, 0.2) is 0 Å². The summed E-state index contributed by atoms with van der Waals surface area (Å²) in [6, 6.07) is 18.3. The molecule has 31 heavy (non-hydrogen) atoms. The molecule has 160 valence electrons. The maximum Gasteiger partial charge on any atom is 0.248 e. The Balaban J connectivity index is 1.36. The standard InChI is InChI=1S/C25H28N4O2/c1-18(30)27(2)23-14-15-29(17-23)21-10-8-20(9-11-21)26-25(31)13-12-22-16-19-6-4-5-7-24(19)28(22)3/h4-13,16,23H,14-15,17H2,1-3H3,(H,26,31). The molecule has 1 atom stereocenters. The summed E-state index contributed by atoms with van der Waals surface area (Å²) in [7, 11) is 3.86. The highest BCUT2D eigenvalue weighted by Crippen LogP contribution is 2.24. The Kier molecular flexibility index (Phi) is 5.80. The lowest BCUT2D eigenvalue weighted by atomic mass is 10.2. The van der Waals surface area contributed by atoms with Crippen LogP contribution in [0.15, 0.2) is 60.7 Å². The Bertz CT molecular complexity index is 1130. The molecule has 1 aliphatic heterocycles. The van der Waals surface area contributed by atoms with E-state index in [1.54, 1.807) is 13.0 Å². The normalized spacial score (nSPS) is 16.2. The first kappa shape index (κ1) is 20.7. The lowest BCUT2D eigenvalue weighted by Gasteiger charge is -2.24. The third-order valence-electron chi connectivity index (χ3n) is 6.10. The fraction of sp³-hybridized carbons (Fsp3) is 0.280. The monoisotopic (exact) mass is 416 g/mol. The van der Waals surface area contributed by atoms with E-state index in [2.05, 4.69) is 33.0 Å². The first-order chi connectivity index (χ1) is 14.9. The number of nitrogens with one attached hydrogen (secondary N) is 1. The van der Waals surface area contributed by atoms with Gasteiger partial charge in [-0.3, -0.25) is 9.59 Å². The number of carbonyl (C=O) groups is 2. The molecule has 1 fully saturated rings. The van der Waals surface area contributed by atoms with Crippen LogP contribution >= 0.6 is 0 Å². The molecule has 1 N–H and O–H groups in total. The number of aromatic nitrogens is 1. The molecule has 1 aromatic heterocycles. The predicted molar refractivity (Wildman–Crippen MR) is 126 cm³/mol. The summed E-state index contributed by atoms with van der Waals surface area (Å²) in [6.45, 7) is 3.35. The number of carbonyl (C=O) groups excluding carboxylic acids is 2. The number of nitrogens with zero attached hydrogens (tertiary/aromatic N) is 3. The molecule has 0 spiro atoms. The van der Waals surface area contributed by atoms with Gasteiger partial charge in [0.2, 0.25) is 11.8 Å². The summed E-state index contributed by atoms with van der Waals surface area (Å²) < 4.78 is 2.07. The molecule has 2 aromatic carbocycles. The zero-order valence-corrected chi connectivity index (χ0v) is 18.2. The van der Waals surface area contributed by atoms with Gasteiger partial charge in [-0.1, -0.05) is 18.2 Å². The zero-order valence-electron chi connectivity index (χ0n) is 18.2. The van der Waals surface area contributed by atoms with Crippen LogP contribution in [0.5, 0.6) is 0 Å². The molecule has 3 aromatic rings. The fourth-order valence-corrected chi connectivity index (χ4v) is 4.12. The predicted octanol–water partition coefficient (Wildman–Crippen LogP) is 3.89. The summed E-state index contributed by atoms with van der Waals surface area (Å²) in [5.74, 6) is -0.0660. The third-order valence-corrected chi connectivity index (χ3v) is 6.10. The molecule has 1 saturated heterocycles. The number of hydrogen-bond acceptors (Lipinski definition) is 3. The molecule has 0 aliphatic carbocycles. The number of aryl methyl sites for hydroxylation is 1. The number of likely N-dealkylation sites (N-methyl/N-ethyl adjacent to an activating group) is 1. The number of rotatable bonds is 5. The van der Waals surface area contributed by atoms with E-state index >= 15 is 0 Å². The van der Waals surface area contributed by atoms with Crippen LogP contribution < -0.4 is 10.2 Å². The quantitative estimate of drug-likeness (QED) is 0.642. The van der Waals surface area contributed by atoms with E-state index in [1.165, 1.54) is 0 Å². The first-order valence-corrected chi connectivity index (χ1v) is 10.5. The summed E-state index contributed by atoms with van der Waals surface area (Å²) in [6.07, 6.45) is 4.36. The van der Waals surface area contributed by atoms with E-state index < -0.39 is 0 Å². The lowest BCUT2D eigenvalue weighted by molar-refractivity contribution is -0.129. The van der Waals surface area contributed by atoms with E-state index in [-0.39, 0.29) is 17.9 Å². The number of para-hydroxylation sites is 1. The van der Waals surface area contributed by atoms with Crippen molar-refractivity contribution >= 4 is 40.2 Å². The second kappa shape index (κ2) is 8.68. The highest BCUT2D eigenvalue weighted by Gasteiger charge is 2.27. The lowest BCUT2D eigenvalue weighted by Crippen LogP contribution is -2.37. The number of benzene rings is 2. The smallest absolute Gasteiger partial charge is 0.248 e. The van der Waals surface area contributed by atoms with Gasteiger partial charge in [-0.2, -0.15) is 0 Å². The summed E-state index contributed by atoms with van der Waals surface area (Å²) >= 11 is 0.